The summed E-state index contributed by atoms with van der Waals surface area (Å²) in [5.74, 6) is -0.623. The van der Waals surface area contributed by atoms with E-state index in [0.29, 0.717) is 5.75 Å². The van der Waals surface area contributed by atoms with E-state index in [1.807, 2.05) is 32.0 Å². The number of fused-ring (bicyclic) bond motifs is 1. The summed E-state index contributed by atoms with van der Waals surface area (Å²) in [5, 5.41) is 10.2. The molecule has 3 heteroatoms. The van der Waals surface area contributed by atoms with Crippen LogP contribution in [0, 0.1) is 6.92 Å². The van der Waals surface area contributed by atoms with Gasteiger partial charge in [-0.2, -0.15) is 0 Å². The van der Waals surface area contributed by atoms with Crippen LogP contribution < -0.4 is 4.74 Å². The molecule has 1 heterocycles. The van der Waals surface area contributed by atoms with Crippen molar-refractivity contribution in [1.82, 2.24) is 0 Å². The Labute approximate surface area is 89.6 Å². The first-order valence-electron chi connectivity index (χ1n) is 4.98. The van der Waals surface area contributed by atoms with Crippen LogP contribution in [0.1, 0.15) is 25.0 Å². The zero-order valence-corrected chi connectivity index (χ0v) is 9.50. The predicted molar refractivity (Wildman–Crippen MR) is 56.8 cm³/mol. The average Bonchev–Trinajstić information content (AvgIpc) is 2.34. The van der Waals surface area contributed by atoms with E-state index in [-0.39, 0.29) is 0 Å². The van der Waals surface area contributed by atoms with Crippen LogP contribution in [0.15, 0.2) is 18.2 Å². The van der Waals surface area contributed by atoms with Gasteiger partial charge in [0.2, 0.25) is 5.79 Å². The zero-order valence-electron chi connectivity index (χ0n) is 9.50. The first-order valence-corrected chi connectivity index (χ1v) is 4.98. The Morgan fingerprint density at radius 1 is 1.33 bits per heavy atom. The van der Waals surface area contributed by atoms with Gasteiger partial charge in [0.1, 0.15) is 5.75 Å². The number of aryl methyl sites for hydroxylation is 1. The van der Waals surface area contributed by atoms with Crippen molar-refractivity contribution < 1.29 is 14.6 Å². The molecule has 2 rings (SSSR count). The molecule has 1 aliphatic heterocycles. The van der Waals surface area contributed by atoms with Crippen molar-refractivity contribution in [3.05, 3.63) is 29.3 Å². The lowest BCUT2D eigenvalue weighted by Crippen LogP contribution is -2.48. The molecule has 2 atom stereocenters. The Bertz CT molecular complexity index is 398. The monoisotopic (exact) mass is 208 g/mol. The van der Waals surface area contributed by atoms with E-state index in [0.717, 1.165) is 11.1 Å². The normalized spacial score (nSPS) is 33.7. The Kier molecular flexibility index (Phi) is 2.07. The fourth-order valence-corrected chi connectivity index (χ4v) is 1.97. The number of ether oxygens (including phenoxy) is 2. The molecule has 1 N–H and O–H groups in total. The zero-order chi connectivity index (χ0) is 11.3. The highest BCUT2D eigenvalue weighted by molar-refractivity contribution is 5.46. The molecule has 1 aromatic carbocycles. The van der Waals surface area contributed by atoms with Crippen molar-refractivity contribution in [2.45, 2.75) is 32.2 Å². The molecule has 3 nitrogen and oxygen atoms in total. The van der Waals surface area contributed by atoms with Gasteiger partial charge in [0, 0.05) is 19.6 Å². The van der Waals surface area contributed by atoms with Crippen LogP contribution in [0.25, 0.3) is 0 Å². The highest BCUT2D eigenvalue weighted by Crippen LogP contribution is 2.48. The van der Waals surface area contributed by atoms with Crippen LogP contribution in [0.3, 0.4) is 0 Å². The third-order valence-corrected chi connectivity index (χ3v) is 3.25. The number of methoxy groups -OCH3 is 1. The van der Waals surface area contributed by atoms with Gasteiger partial charge >= 0.3 is 0 Å². The predicted octanol–water partition coefficient (Wildman–Crippen LogP) is 1.96. The third kappa shape index (κ3) is 1.27. The minimum absolute atomic E-state index is 0.698. The topological polar surface area (TPSA) is 38.7 Å². The summed E-state index contributed by atoms with van der Waals surface area (Å²) >= 11 is 0. The van der Waals surface area contributed by atoms with Crippen molar-refractivity contribution in [2.75, 3.05) is 7.11 Å². The Morgan fingerprint density at radius 3 is 2.60 bits per heavy atom. The van der Waals surface area contributed by atoms with E-state index in [2.05, 4.69) is 0 Å². The maximum absolute atomic E-state index is 10.2. The Hall–Kier alpha value is -1.06. The van der Waals surface area contributed by atoms with Crippen LogP contribution >= 0.6 is 0 Å². The second kappa shape index (κ2) is 2.97. The molecule has 0 aliphatic carbocycles. The van der Waals surface area contributed by atoms with E-state index >= 15 is 0 Å². The van der Waals surface area contributed by atoms with Gasteiger partial charge in [0.15, 0.2) is 5.60 Å². The van der Waals surface area contributed by atoms with Gasteiger partial charge in [-0.25, -0.2) is 0 Å². The lowest BCUT2D eigenvalue weighted by Gasteiger charge is -2.33. The SMILES string of the molecule is COC1(C)c2ccc(C)cc2OC1(C)O. The van der Waals surface area contributed by atoms with Crippen molar-refractivity contribution in [3.8, 4) is 5.75 Å². The first kappa shape index (κ1) is 10.5. The highest BCUT2D eigenvalue weighted by atomic mass is 16.7. The summed E-state index contributed by atoms with van der Waals surface area (Å²) in [4.78, 5) is 0. The number of hydrogen-bond acceptors (Lipinski definition) is 3. The smallest absolute Gasteiger partial charge is 0.238 e. The largest absolute Gasteiger partial charge is 0.459 e. The van der Waals surface area contributed by atoms with Crippen LogP contribution in [-0.2, 0) is 10.3 Å². The Morgan fingerprint density at radius 2 is 2.00 bits per heavy atom. The summed E-state index contributed by atoms with van der Waals surface area (Å²) in [6, 6.07) is 5.84. The quantitative estimate of drug-likeness (QED) is 0.766. The second-order valence-corrected chi connectivity index (χ2v) is 4.32. The summed E-state index contributed by atoms with van der Waals surface area (Å²) < 4.78 is 10.9. The molecule has 0 radical (unpaired) electrons. The molecular weight excluding hydrogens is 192 g/mol. The van der Waals surface area contributed by atoms with Gasteiger partial charge in [-0.05, 0) is 25.5 Å². The molecular formula is C12H16O3. The van der Waals surface area contributed by atoms with Crippen molar-refractivity contribution >= 4 is 0 Å². The lowest BCUT2D eigenvalue weighted by molar-refractivity contribution is -0.235. The molecule has 1 aliphatic rings. The maximum atomic E-state index is 10.2. The van der Waals surface area contributed by atoms with Gasteiger partial charge in [-0.3, -0.25) is 0 Å². The molecule has 2 unspecified atom stereocenters. The number of benzene rings is 1. The number of hydrogen-bond donors (Lipinski definition) is 1. The van der Waals surface area contributed by atoms with Gasteiger partial charge in [0.05, 0.1) is 0 Å². The van der Waals surface area contributed by atoms with E-state index < -0.39 is 11.4 Å². The highest BCUT2D eigenvalue weighted by Gasteiger charge is 2.54. The van der Waals surface area contributed by atoms with Crippen LogP contribution in [0.4, 0.5) is 0 Å². The number of rotatable bonds is 1. The standard InChI is InChI=1S/C12H16O3/c1-8-5-6-9-10(7-8)15-12(3,13)11(9,2)14-4/h5-7,13H,1-4H3. The molecule has 0 saturated carbocycles. The van der Waals surface area contributed by atoms with Crippen LogP contribution in [0.5, 0.6) is 5.75 Å². The average molecular weight is 208 g/mol. The van der Waals surface area contributed by atoms with E-state index in [9.17, 15) is 5.11 Å². The van der Waals surface area contributed by atoms with E-state index in [1.54, 1.807) is 14.0 Å². The van der Waals surface area contributed by atoms with Crippen LogP contribution in [-0.4, -0.2) is 18.0 Å². The molecule has 1 aromatic rings. The maximum Gasteiger partial charge on any atom is 0.238 e. The molecule has 0 amide bonds. The minimum atomic E-state index is -1.32. The summed E-state index contributed by atoms with van der Waals surface area (Å²) in [7, 11) is 1.58. The second-order valence-electron chi connectivity index (χ2n) is 4.32. The number of aliphatic hydroxyl groups is 1. The summed E-state index contributed by atoms with van der Waals surface area (Å²) in [6.07, 6.45) is 0. The first-order chi connectivity index (χ1) is 6.90. The fraction of sp³-hybridized carbons (Fsp3) is 0.500. The van der Waals surface area contributed by atoms with E-state index in [4.69, 9.17) is 9.47 Å². The lowest BCUT2D eigenvalue weighted by atomic mass is 9.89. The van der Waals surface area contributed by atoms with Gasteiger partial charge in [0.25, 0.3) is 0 Å². The molecule has 0 fully saturated rings. The molecule has 0 saturated heterocycles. The van der Waals surface area contributed by atoms with Gasteiger partial charge in [-0.15, -0.1) is 0 Å². The van der Waals surface area contributed by atoms with Crippen molar-refractivity contribution in [1.29, 1.82) is 0 Å². The molecule has 0 bridgehead atoms. The summed E-state index contributed by atoms with van der Waals surface area (Å²) in [5.41, 5.74) is 1.18. The van der Waals surface area contributed by atoms with Crippen LogP contribution in [0.2, 0.25) is 0 Å². The Balaban J connectivity index is 2.60. The molecule has 82 valence electrons. The van der Waals surface area contributed by atoms with Gasteiger partial charge < -0.3 is 14.6 Å². The minimum Gasteiger partial charge on any atom is -0.459 e. The fourth-order valence-electron chi connectivity index (χ4n) is 1.97. The molecule has 15 heavy (non-hydrogen) atoms. The van der Waals surface area contributed by atoms with E-state index in [1.165, 1.54) is 0 Å². The van der Waals surface area contributed by atoms with Gasteiger partial charge in [-0.1, -0.05) is 12.1 Å². The third-order valence-electron chi connectivity index (χ3n) is 3.25. The van der Waals surface area contributed by atoms with Crippen molar-refractivity contribution in [3.63, 3.8) is 0 Å². The van der Waals surface area contributed by atoms with Crippen molar-refractivity contribution in [2.24, 2.45) is 0 Å². The molecule has 0 spiro atoms. The summed E-state index contributed by atoms with van der Waals surface area (Å²) in [6.45, 7) is 5.43. The molecule has 0 aromatic heterocycles.